The summed E-state index contributed by atoms with van der Waals surface area (Å²) in [6.45, 7) is 0.624. The average Bonchev–Trinajstić information content (AvgIpc) is 2.95. The van der Waals surface area contributed by atoms with Crippen LogP contribution >= 0.6 is 0 Å². The third-order valence-electron chi connectivity index (χ3n) is 5.47. The Labute approximate surface area is 215 Å². The highest BCUT2D eigenvalue weighted by atomic mass is 16.5. The fourth-order valence-corrected chi connectivity index (χ4v) is 3.52. The number of anilines is 1. The summed E-state index contributed by atoms with van der Waals surface area (Å²) in [6.07, 6.45) is 1.48. The summed E-state index contributed by atoms with van der Waals surface area (Å²) >= 11 is 0. The first-order valence-corrected chi connectivity index (χ1v) is 11.6. The van der Waals surface area contributed by atoms with E-state index in [1.54, 1.807) is 60.7 Å². The van der Waals surface area contributed by atoms with E-state index in [0.717, 1.165) is 11.1 Å². The molecule has 4 aromatic rings. The number of para-hydroxylation sites is 1. The van der Waals surface area contributed by atoms with Gasteiger partial charge in [0.2, 0.25) is 0 Å². The maximum Gasteiger partial charge on any atom is 0.266 e. The Bertz CT molecular complexity index is 1480. The molecule has 6 heteroatoms. The van der Waals surface area contributed by atoms with Crippen LogP contribution in [0.4, 0.5) is 5.69 Å². The Morgan fingerprint density at radius 1 is 0.784 bits per heavy atom. The van der Waals surface area contributed by atoms with Gasteiger partial charge in [-0.3, -0.25) is 4.79 Å². The maximum atomic E-state index is 12.8. The van der Waals surface area contributed by atoms with Crippen LogP contribution in [0.25, 0.3) is 6.08 Å². The normalized spacial score (nSPS) is 10.6. The Kier molecular flexibility index (Phi) is 8.30. The molecule has 1 amide bonds. The van der Waals surface area contributed by atoms with Gasteiger partial charge in [0.25, 0.3) is 5.91 Å². The molecule has 0 radical (unpaired) electrons. The molecule has 180 valence electrons. The summed E-state index contributed by atoms with van der Waals surface area (Å²) in [7, 11) is 0. The highest BCUT2D eigenvalue weighted by Gasteiger charge is 2.12. The van der Waals surface area contributed by atoms with Gasteiger partial charge in [-0.15, -0.1) is 0 Å². The fraction of sp³-hybridized carbons (Fsp3) is 0.0645. The van der Waals surface area contributed by atoms with Crippen LogP contribution in [0.3, 0.4) is 0 Å². The minimum Gasteiger partial charge on any atom is -0.489 e. The van der Waals surface area contributed by atoms with E-state index in [4.69, 9.17) is 9.47 Å². The predicted octanol–water partition coefficient (Wildman–Crippen LogP) is 6.26. The first-order chi connectivity index (χ1) is 18.2. The summed E-state index contributed by atoms with van der Waals surface area (Å²) in [5.41, 5.74) is 3.38. The molecule has 0 aliphatic rings. The van der Waals surface area contributed by atoms with Crippen LogP contribution in [0.1, 0.15) is 22.3 Å². The number of benzene rings is 4. The molecular formula is C31H23N3O3. The third-order valence-corrected chi connectivity index (χ3v) is 5.47. The molecule has 4 rings (SSSR count). The molecule has 37 heavy (non-hydrogen) atoms. The lowest BCUT2D eigenvalue weighted by Crippen LogP contribution is -2.13. The average molecular weight is 486 g/mol. The van der Waals surface area contributed by atoms with Crippen molar-refractivity contribution in [3.8, 4) is 23.6 Å². The van der Waals surface area contributed by atoms with Gasteiger partial charge >= 0.3 is 0 Å². The number of amides is 1. The van der Waals surface area contributed by atoms with Crippen molar-refractivity contribution in [1.29, 1.82) is 10.5 Å². The lowest BCUT2D eigenvalue weighted by Gasteiger charge is -2.11. The molecule has 0 fully saturated rings. The van der Waals surface area contributed by atoms with Crippen molar-refractivity contribution in [2.24, 2.45) is 0 Å². The molecule has 6 nitrogen and oxygen atoms in total. The summed E-state index contributed by atoms with van der Waals surface area (Å²) in [5, 5.41) is 21.7. The monoisotopic (exact) mass is 485 g/mol. The molecular weight excluding hydrogens is 462 g/mol. The van der Waals surface area contributed by atoms with Gasteiger partial charge in [-0.1, -0.05) is 66.7 Å². The van der Waals surface area contributed by atoms with Crippen molar-refractivity contribution >= 4 is 17.7 Å². The molecule has 0 heterocycles. The van der Waals surface area contributed by atoms with Gasteiger partial charge < -0.3 is 14.8 Å². The molecule has 0 atom stereocenters. The summed E-state index contributed by atoms with van der Waals surface area (Å²) in [6, 6.07) is 35.2. The number of carbonyl (C=O) groups excluding carboxylic acids is 1. The highest BCUT2D eigenvalue weighted by molar-refractivity contribution is 6.09. The molecule has 0 saturated carbocycles. The second kappa shape index (κ2) is 12.4. The Morgan fingerprint density at radius 3 is 2.24 bits per heavy atom. The standard InChI is InChI=1S/C31H23N3O3/c32-19-25-11-4-5-12-26(25)22-37-30-13-7-6-10-24(30)18-27(20-33)31(35)34-28-14-16-29(17-15-28)36-21-23-8-2-1-3-9-23/h1-18H,21-22H2,(H,34,35)/b27-18+. The van der Waals surface area contributed by atoms with Crippen LogP contribution in [-0.4, -0.2) is 5.91 Å². The number of carbonyl (C=O) groups is 1. The minimum absolute atomic E-state index is 0.0714. The van der Waals surface area contributed by atoms with Gasteiger partial charge in [0.1, 0.15) is 36.4 Å². The summed E-state index contributed by atoms with van der Waals surface area (Å²) < 4.78 is 11.7. The second-order valence-electron chi connectivity index (χ2n) is 8.02. The molecule has 0 spiro atoms. The largest absolute Gasteiger partial charge is 0.489 e. The van der Waals surface area contributed by atoms with E-state index >= 15 is 0 Å². The van der Waals surface area contributed by atoms with Crippen LogP contribution in [0.2, 0.25) is 0 Å². The fourth-order valence-electron chi connectivity index (χ4n) is 3.52. The topological polar surface area (TPSA) is 95.1 Å². The lowest BCUT2D eigenvalue weighted by molar-refractivity contribution is -0.112. The number of nitriles is 2. The SMILES string of the molecule is N#C/C(=C\c1ccccc1OCc1ccccc1C#N)C(=O)Nc1ccc(OCc2ccccc2)cc1. The zero-order valence-electron chi connectivity index (χ0n) is 19.9. The van der Waals surface area contributed by atoms with E-state index in [2.05, 4.69) is 11.4 Å². The van der Waals surface area contributed by atoms with Crippen LogP contribution in [-0.2, 0) is 18.0 Å². The first kappa shape index (κ1) is 24.8. The van der Waals surface area contributed by atoms with Gasteiger partial charge in [0, 0.05) is 16.8 Å². The number of nitrogens with one attached hydrogen (secondary N) is 1. The molecule has 0 aliphatic carbocycles. The minimum atomic E-state index is -0.537. The predicted molar refractivity (Wildman–Crippen MR) is 141 cm³/mol. The van der Waals surface area contributed by atoms with E-state index in [1.165, 1.54) is 6.08 Å². The first-order valence-electron chi connectivity index (χ1n) is 11.6. The number of rotatable bonds is 9. The maximum absolute atomic E-state index is 12.8. The van der Waals surface area contributed by atoms with E-state index in [1.807, 2.05) is 48.5 Å². The lowest BCUT2D eigenvalue weighted by atomic mass is 10.1. The second-order valence-corrected chi connectivity index (χ2v) is 8.02. The molecule has 0 aromatic heterocycles. The Balaban J connectivity index is 1.41. The van der Waals surface area contributed by atoms with Gasteiger partial charge in [0.05, 0.1) is 11.6 Å². The molecule has 4 aromatic carbocycles. The number of ether oxygens (including phenoxy) is 2. The van der Waals surface area contributed by atoms with Crippen LogP contribution < -0.4 is 14.8 Å². The van der Waals surface area contributed by atoms with Crippen molar-refractivity contribution in [2.45, 2.75) is 13.2 Å². The zero-order valence-corrected chi connectivity index (χ0v) is 19.9. The van der Waals surface area contributed by atoms with Crippen molar-refractivity contribution < 1.29 is 14.3 Å². The van der Waals surface area contributed by atoms with Crippen molar-refractivity contribution in [2.75, 3.05) is 5.32 Å². The number of nitrogens with zero attached hydrogens (tertiary/aromatic N) is 2. The van der Waals surface area contributed by atoms with E-state index in [9.17, 15) is 15.3 Å². The molecule has 1 N–H and O–H groups in total. The smallest absolute Gasteiger partial charge is 0.266 e. The van der Waals surface area contributed by atoms with Crippen molar-refractivity contribution in [1.82, 2.24) is 0 Å². The molecule has 0 unspecified atom stereocenters. The van der Waals surface area contributed by atoms with Gasteiger partial charge in [-0.05, 0) is 48.0 Å². The molecule has 0 saturated heterocycles. The van der Waals surface area contributed by atoms with Crippen molar-refractivity contribution in [3.63, 3.8) is 0 Å². The molecule has 0 bridgehead atoms. The summed E-state index contributed by atoms with van der Waals surface area (Å²) in [4.78, 5) is 12.8. The van der Waals surface area contributed by atoms with E-state index < -0.39 is 5.91 Å². The highest BCUT2D eigenvalue weighted by Crippen LogP contribution is 2.24. The third kappa shape index (κ3) is 6.85. The quantitative estimate of drug-likeness (QED) is 0.223. The van der Waals surface area contributed by atoms with Gasteiger partial charge in [-0.25, -0.2) is 0 Å². The van der Waals surface area contributed by atoms with Crippen LogP contribution in [0, 0.1) is 22.7 Å². The van der Waals surface area contributed by atoms with Gasteiger partial charge in [-0.2, -0.15) is 10.5 Å². The zero-order chi connectivity index (χ0) is 25.9. The summed E-state index contributed by atoms with van der Waals surface area (Å²) in [5.74, 6) is 0.628. The van der Waals surface area contributed by atoms with Crippen LogP contribution in [0.15, 0.2) is 109 Å². The van der Waals surface area contributed by atoms with E-state index in [0.29, 0.717) is 34.9 Å². The van der Waals surface area contributed by atoms with E-state index in [-0.39, 0.29) is 12.2 Å². The van der Waals surface area contributed by atoms with Gasteiger partial charge in [0.15, 0.2) is 0 Å². The molecule has 0 aliphatic heterocycles. The number of hydrogen-bond acceptors (Lipinski definition) is 5. The van der Waals surface area contributed by atoms with Crippen LogP contribution in [0.5, 0.6) is 11.5 Å². The Hall–Kier alpha value is -5.33. The van der Waals surface area contributed by atoms with Crippen molar-refractivity contribution in [3.05, 3.63) is 131 Å². The number of hydrogen-bond donors (Lipinski definition) is 1. The Morgan fingerprint density at radius 2 is 1.49 bits per heavy atom.